The molecule has 0 bridgehead atoms. The average Bonchev–Trinajstić information content (AvgIpc) is 2.37. The first-order chi connectivity index (χ1) is 9.29. The number of aliphatic hydroxyl groups is 1. The van der Waals surface area contributed by atoms with Gasteiger partial charge in [-0.1, -0.05) is 35.9 Å². The second-order valence-electron chi connectivity index (χ2n) is 4.88. The second kappa shape index (κ2) is 5.29. The first-order valence-corrected chi connectivity index (χ1v) is 6.21. The van der Waals surface area contributed by atoms with Crippen molar-refractivity contribution < 1.29 is 18.3 Å². The third kappa shape index (κ3) is 3.02. The number of benzene rings is 2. The minimum absolute atomic E-state index is 0.424. The lowest BCUT2D eigenvalue weighted by atomic mass is 9.95. The molecule has 1 N–H and O–H groups in total. The Morgan fingerprint density at radius 2 is 1.55 bits per heavy atom. The van der Waals surface area contributed by atoms with Gasteiger partial charge in [0.1, 0.15) is 6.10 Å². The summed E-state index contributed by atoms with van der Waals surface area (Å²) >= 11 is 0. The summed E-state index contributed by atoms with van der Waals surface area (Å²) in [7, 11) is 0. The molecule has 0 heterocycles. The van der Waals surface area contributed by atoms with E-state index in [2.05, 4.69) is 0 Å². The second-order valence-corrected chi connectivity index (χ2v) is 4.88. The number of halogens is 3. The quantitative estimate of drug-likeness (QED) is 0.864. The Morgan fingerprint density at radius 3 is 2.05 bits per heavy atom. The molecule has 1 atom stereocenters. The largest absolute Gasteiger partial charge is 0.416 e. The Bertz CT molecular complexity index is 600. The molecule has 0 saturated carbocycles. The van der Waals surface area contributed by atoms with E-state index >= 15 is 0 Å². The van der Waals surface area contributed by atoms with Crippen molar-refractivity contribution in [3.63, 3.8) is 0 Å². The molecule has 0 radical (unpaired) electrons. The van der Waals surface area contributed by atoms with E-state index in [1.165, 1.54) is 6.07 Å². The van der Waals surface area contributed by atoms with Crippen LogP contribution in [-0.4, -0.2) is 5.11 Å². The van der Waals surface area contributed by atoms with Crippen molar-refractivity contribution in [2.24, 2.45) is 0 Å². The Labute approximate surface area is 115 Å². The lowest BCUT2D eigenvalue weighted by molar-refractivity contribution is -0.137. The van der Waals surface area contributed by atoms with Gasteiger partial charge >= 0.3 is 6.18 Å². The van der Waals surface area contributed by atoms with Crippen LogP contribution in [0.25, 0.3) is 0 Å². The molecule has 0 aromatic heterocycles. The fourth-order valence-corrected chi connectivity index (χ4v) is 2.09. The summed E-state index contributed by atoms with van der Waals surface area (Å²) < 4.78 is 37.8. The molecule has 1 unspecified atom stereocenters. The molecular formula is C16H15F3O. The third-order valence-electron chi connectivity index (χ3n) is 3.28. The van der Waals surface area contributed by atoms with E-state index in [0.29, 0.717) is 16.7 Å². The van der Waals surface area contributed by atoms with E-state index in [1.807, 2.05) is 19.1 Å². The Morgan fingerprint density at radius 1 is 0.950 bits per heavy atom. The highest BCUT2D eigenvalue weighted by Crippen LogP contribution is 2.33. The van der Waals surface area contributed by atoms with Crippen LogP contribution in [0.4, 0.5) is 13.2 Å². The van der Waals surface area contributed by atoms with Gasteiger partial charge in [0, 0.05) is 0 Å². The van der Waals surface area contributed by atoms with Gasteiger partial charge in [-0.3, -0.25) is 0 Å². The van der Waals surface area contributed by atoms with Crippen LogP contribution in [-0.2, 0) is 6.18 Å². The molecule has 20 heavy (non-hydrogen) atoms. The van der Waals surface area contributed by atoms with Crippen molar-refractivity contribution in [1.29, 1.82) is 0 Å². The van der Waals surface area contributed by atoms with Crippen LogP contribution in [0.15, 0.2) is 42.5 Å². The molecule has 1 nitrogen and oxygen atoms in total. The molecule has 0 saturated heterocycles. The highest BCUT2D eigenvalue weighted by Gasteiger charge is 2.31. The first kappa shape index (κ1) is 14.6. The molecule has 0 amide bonds. The molecule has 0 spiro atoms. The van der Waals surface area contributed by atoms with Crippen LogP contribution >= 0.6 is 0 Å². The third-order valence-corrected chi connectivity index (χ3v) is 3.28. The summed E-state index contributed by atoms with van der Waals surface area (Å²) in [6.45, 7) is 3.50. The van der Waals surface area contributed by atoms with Crippen LogP contribution in [0.1, 0.15) is 33.9 Å². The lowest BCUT2D eigenvalue weighted by Gasteiger charge is -2.16. The van der Waals surface area contributed by atoms with Crippen molar-refractivity contribution in [2.45, 2.75) is 26.1 Å². The molecular weight excluding hydrogens is 265 g/mol. The van der Waals surface area contributed by atoms with Crippen molar-refractivity contribution in [3.8, 4) is 0 Å². The molecule has 106 valence electrons. The van der Waals surface area contributed by atoms with Crippen molar-refractivity contribution in [3.05, 3.63) is 70.3 Å². The van der Waals surface area contributed by atoms with E-state index < -0.39 is 17.8 Å². The van der Waals surface area contributed by atoms with Crippen LogP contribution in [0, 0.1) is 13.8 Å². The zero-order chi connectivity index (χ0) is 14.9. The SMILES string of the molecule is Cc1ccc(C(O)c2ccc(C(F)(F)F)cc2C)cc1. The highest BCUT2D eigenvalue weighted by atomic mass is 19.4. The normalized spacial score (nSPS) is 13.3. The number of rotatable bonds is 2. The summed E-state index contributed by atoms with van der Waals surface area (Å²) in [6.07, 6.45) is -5.28. The van der Waals surface area contributed by atoms with E-state index in [4.69, 9.17) is 0 Å². The summed E-state index contributed by atoms with van der Waals surface area (Å²) in [5.74, 6) is 0. The van der Waals surface area contributed by atoms with Gasteiger partial charge in [0.2, 0.25) is 0 Å². The summed E-state index contributed by atoms with van der Waals surface area (Å²) in [5, 5.41) is 10.3. The maximum atomic E-state index is 12.6. The number of hydrogen-bond acceptors (Lipinski definition) is 1. The first-order valence-electron chi connectivity index (χ1n) is 6.21. The van der Waals surface area contributed by atoms with Gasteiger partial charge in [-0.05, 0) is 42.7 Å². The molecule has 2 rings (SSSR count). The number of alkyl halides is 3. The zero-order valence-corrected chi connectivity index (χ0v) is 11.2. The standard InChI is InChI=1S/C16H15F3O/c1-10-3-5-12(6-4-10)15(20)14-8-7-13(9-11(14)2)16(17,18)19/h3-9,15,20H,1-2H3. The zero-order valence-electron chi connectivity index (χ0n) is 11.2. The maximum absolute atomic E-state index is 12.6. The minimum Gasteiger partial charge on any atom is -0.384 e. The van der Waals surface area contributed by atoms with Gasteiger partial charge in [0.25, 0.3) is 0 Å². The number of aliphatic hydroxyl groups excluding tert-OH is 1. The summed E-state index contributed by atoms with van der Waals surface area (Å²) in [5.41, 5.74) is 1.94. The van der Waals surface area contributed by atoms with Gasteiger partial charge in [-0.15, -0.1) is 0 Å². The molecule has 0 aliphatic carbocycles. The van der Waals surface area contributed by atoms with Crippen LogP contribution < -0.4 is 0 Å². The minimum atomic E-state index is -4.36. The van der Waals surface area contributed by atoms with Gasteiger partial charge in [0.15, 0.2) is 0 Å². The number of hydrogen-bond donors (Lipinski definition) is 1. The van der Waals surface area contributed by atoms with Crippen molar-refractivity contribution >= 4 is 0 Å². The van der Waals surface area contributed by atoms with E-state index in [1.54, 1.807) is 19.1 Å². The monoisotopic (exact) mass is 280 g/mol. The van der Waals surface area contributed by atoms with E-state index in [-0.39, 0.29) is 0 Å². The Balaban J connectivity index is 2.36. The van der Waals surface area contributed by atoms with Gasteiger partial charge in [0.05, 0.1) is 5.56 Å². The molecule has 0 fully saturated rings. The fraction of sp³-hybridized carbons (Fsp3) is 0.250. The topological polar surface area (TPSA) is 20.2 Å². The van der Waals surface area contributed by atoms with Gasteiger partial charge in [-0.2, -0.15) is 13.2 Å². The van der Waals surface area contributed by atoms with E-state index in [0.717, 1.165) is 17.7 Å². The molecule has 2 aromatic rings. The number of aryl methyl sites for hydroxylation is 2. The summed E-state index contributed by atoms with van der Waals surface area (Å²) in [6, 6.07) is 10.7. The predicted molar refractivity (Wildman–Crippen MR) is 71.4 cm³/mol. The van der Waals surface area contributed by atoms with Crippen LogP contribution in [0.5, 0.6) is 0 Å². The molecule has 0 aliphatic rings. The molecule has 2 aromatic carbocycles. The van der Waals surface area contributed by atoms with Crippen LogP contribution in [0.3, 0.4) is 0 Å². The highest BCUT2D eigenvalue weighted by molar-refractivity contribution is 5.39. The van der Waals surface area contributed by atoms with Crippen molar-refractivity contribution in [2.75, 3.05) is 0 Å². The van der Waals surface area contributed by atoms with Crippen molar-refractivity contribution in [1.82, 2.24) is 0 Å². The van der Waals surface area contributed by atoms with E-state index in [9.17, 15) is 18.3 Å². The van der Waals surface area contributed by atoms with Crippen LogP contribution in [0.2, 0.25) is 0 Å². The fourth-order valence-electron chi connectivity index (χ4n) is 2.09. The smallest absolute Gasteiger partial charge is 0.384 e. The Kier molecular flexibility index (Phi) is 3.86. The summed E-state index contributed by atoms with van der Waals surface area (Å²) in [4.78, 5) is 0. The Hall–Kier alpha value is -1.81. The molecule has 0 aliphatic heterocycles. The average molecular weight is 280 g/mol. The molecule has 4 heteroatoms. The lowest BCUT2D eigenvalue weighted by Crippen LogP contribution is -2.08. The maximum Gasteiger partial charge on any atom is 0.416 e. The predicted octanol–water partition coefficient (Wildman–Crippen LogP) is 4.40. The van der Waals surface area contributed by atoms with Gasteiger partial charge in [-0.25, -0.2) is 0 Å². The van der Waals surface area contributed by atoms with Gasteiger partial charge < -0.3 is 5.11 Å².